The van der Waals surface area contributed by atoms with E-state index in [1.54, 1.807) is 12.3 Å². The molecular weight excluding hydrogens is 403 g/mol. The van der Waals surface area contributed by atoms with E-state index in [9.17, 15) is 9.18 Å². The summed E-state index contributed by atoms with van der Waals surface area (Å²) in [5, 5.41) is 3.65. The Morgan fingerprint density at radius 1 is 1.10 bits per heavy atom. The molecule has 0 atom stereocenters. The Kier molecular flexibility index (Phi) is 7.35. The molecule has 0 aliphatic carbocycles. The monoisotopic (exact) mass is 426 g/mol. The van der Waals surface area contributed by atoms with Crippen LogP contribution in [0.1, 0.15) is 28.9 Å². The van der Waals surface area contributed by atoms with Crippen molar-refractivity contribution in [2.75, 3.05) is 6.26 Å². The summed E-state index contributed by atoms with van der Waals surface area (Å²) in [5.74, 6) is 0.534. The number of ether oxygens (including phenoxy) is 1. The molecule has 0 radical (unpaired) electrons. The van der Waals surface area contributed by atoms with Gasteiger partial charge in [0.25, 0.3) is 0 Å². The summed E-state index contributed by atoms with van der Waals surface area (Å²) < 4.78 is 18.5. The van der Waals surface area contributed by atoms with E-state index in [1.165, 1.54) is 36.0 Å². The summed E-state index contributed by atoms with van der Waals surface area (Å²) in [4.78, 5) is 25.4. The third-order valence-corrected chi connectivity index (χ3v) is 5.06. The van der Waals surface area contributed by atoms with Crippen molar-refractivity contribution < 1.29 is 13.9 Å². The number of benzene rings is 1. The largest absolute Gasteiger partial charge is 0.439 e. The number of halogens is 1. The predicted molar refractivity (Wildman–Crippen MR) is 114 cm³/mol. The molecule has 1 aromatic carbocycles. The first-order chi connectivity index (χ1) is 14.4. The molecule has 30 heavy (non-hydrogen) atoms. The second-order valence-electron chi connectivity index (χ2n) is 6.70. The zero-order chi connectivity index (χ0) is 21.5. The number of amides is 1. The topological polar surface area (TPSA) is 77.0 Å². The van der Waals surface area contributed by atoms with Crippen molar-refractivity contribution in [1.82, 2.24) is 20.3 Å². The summed E-state index contributed by atoms with van der Waals surface area (Å²) in [6.07, 6.45) is 4.55. The molecule has 6 nitrogen and oxygen atoms in total. The van der Waals surface area contributed by atoms with Gasteiger partial charge < -0.3 is 10.1 Å². The van der Waals surface area contributed by atoms with Crippen molar-refractivity contribution in [3.8, 4) is 11.6 Å². The number of aryl methyl sites for hydroxylation is 2. The molecule has 0 bridgehead atoms. The van der Waals surface area contributed by atoms with Gasteiger partial charge in [0.05, 0.1) is 0 Å². The Morgan fingerprint density at radius 3 is 2.40 bits per heavy atom. The minimum Gasteiger partial charge on any atom is -0.439 e. The molecule has 1 N–H and O–H groups in total. The summed E-state index contributed by atoms with van der Waals surface area (Å²) in [6.45, 7) is 4.27. The van der Waals surface area contributed by atoms with Gasteiger partial charge in [0.2, 0.25) is 11.8 Å². The molecular formula is C22H23FN4O2S. The minimum atomic E-state index is -0.323. The van der Waals surface area contributed by atoms with Crippen molar-refractivity contribution in [2.24, 2.45) is 0 Å². The summed E-state index contributed by atoms with van der Waals surface area (Å²) in [7, 11) is 0. The van der Waals surface area contributed by atoms with Crippen LogP contribution in [0.2, 0.25) is 0 Å². The van der Waals surface area contributed by atoms with Crippen molar-refractivity contribution >= 4 is 17.7 Å². The van der Waals surface area contributed by atoms with Crippen LogP contribution >= 0.6 is 11.8 Å². The van der Waals surface area contributed by atoms with Crippen LogP contribution in [-0.2, 0) is 17.8 Å². The zero-order valence-electron chi connectivity index (χ0n) is 17.1. The molecule has 8 heteroatoms. The lowest BCUT2D eigenvalue weighted by Gasteiger charge is -2.10. The van der Waals surface area contributed by atoms with E-state index in [1.807, 2.05) is 26.2 Å². The Morgan fingerprint density at radius 2 is 1.80 bits per heavy atom. The number of nitrogens with one attached hydrogen (secondary N) is 1. The molecule has 1 amide bonds. The standard InChI is InChI=1S/C22H23FN4O2S/c1-14-19(15(2)27-22(26-14)30-3)9-10-20(28)24-12-16-4-11-21(25-13-16)29-18-7-5-17(23)6-8-18/h4-8,11,13H,9-10,12H2,1-3H3,(H,24,28). The molecule has 0 fully saturated rings. The highest BCUT2D eigenvalue weighted by Gasteiger charge is 2.11. The third-order valence-electron chi connectivity index (χ3n) is 4.51. The van der Waals surface area contributed by atoms with Crippen LogP contribution < -0.4 is 10.1 Å². The second-order valence-corrected chi connectivity index (χ2v) is 7.47. The van der Waals surface area contributed by atoms with Crippen LogP contribution in [0, 0.1) is 19.7 Å². The third kappa shape index (κ3) is 6.00. The molecule has 2 aromatic heterocycles. The van der Waals surface area contributed by atoms with Crippen molar-refractivity contribution in [3.05, 3.63) is 70.9 Å². The van der Waals surface area contributed by atoms with Crippen LogP contribution in [0.3, 0.4) is 0 Å². The van der Waals surface area contributed by atoms with E-state index in [2.05, 4.69) is 20.3 Å². The van der Waals surface area contributed by atoms with Crippen LogP contribution in [0.5, 0.6) is 11.6 Å². The summed E-state index contributed by atoms with van der Waals surface area (Å²) in [5.41, 5.74) is 3.71. The summed E-state index contributed by atoms with van der Waals surface area (Å²) in [6, 6.07) is 9.26. The van der Waals surface area contributed by atoms with Gasteiger partial charge in [0, 0.05) is 36.6 Å². The molecule has 2 heterocycles. The minimum absolute atomic E-state index is 0.0469. The fraction of sp³-hybridized carbons (Fsp3) is 0.273. The van der Waals surface area contributed by atoms with Gasteiger partial charge >= 0.3 is 0 Å². The molecule has 0 saturated heterocycles. The van der Waals surface area contributed by atoms with Crippen LogP contribution in [-0.4, -0.2) is 27.1 Å². The lowest BCUT2D eigenvalue weighted by molar-refractivity contribution is -0.121. The first-order valence-corrected chi connectivity index (χ1v) is 10.7. The number of carbonyl (C=O) groups excluding carboxylic acids is 1. The predicted octanol–water partition coefficient (Wildman–Crippen LogP) is 4.39. The number of nitrogens with zero attached hydrogens (tertiary/aromatic N) is 3. The Bertz CT molecular complexity index is 988. The Balaban J connectivity index is 1.48. The van der Waals surface area contributed by atoms with E-state index < -0.39 is 0 Å². The van der Waals surface area contributed by atoms with Crippen LogP contribution in [0.15, 0.2) is 47.8 Å². The smallest absolute Gasteiger partial charge is 0.220 e. The van der Waals surface area contributed by atoms with Gasteiger partial charge in [-0.25, -0.2) is 19.3 Å². The fourth-order valence-corrected chi connectivity index (χ4v) is 3.35. The fourth-order valence-electron chi connectivity index (χ4n) is 2.89. The SMILES string of the molecule is CSc1nc(C)c(CCC(=O)NCc2ccc(Oc3ccc(F)cc3)nc2)c(C)n1. The van der Waals surface area contributed by atoms with E-state index in [0.29, 0.717) is 31.0 Å². The number of hydrogen-bond acceptors (Lipinski definition) is 6. The molecule has 0 unspecified atom stereocenters. The van der Waals surface area contributed by atoms with Gasteiger partial charge in [-0.05, 0) is 61.9 Å². The molecule has 0 spiro atoms. The average Bonchev–Trinajstić information content (AvgIpc) is 2.74. The molecule has 0 aliphatic heterocycles. The first kappa shape index (κ1) is 21.7. The average molecular weight is 427 g/mol. The quantitative estimate of drug-likeness (QED) is 0.425. The number of pyridine rings is 1. The van der Waals surface area contributed by atoms with E-state index in [-0.39, 0.29) is 11.7 Å². The molecule has 0 aliphatic rings. The zero-order valence-corrected chi connectivity index (χ0v) is 17.9. The highest BCUT2D eigenvalue weighted by atomic mass is 32.2. The number of carbonyl (C=O) groups is 1. The normalized spacial score (nSPS) is 10.7. The molecule has 156 valence electrons. The van der Waals surface area contributed by atoms with Gasteiger partial charge in [-0.2, -0.15) is 0 Å². The number of thioether (sulfide) groups is 1. The van der Waals surface area contributed by atoms with E-state index in [4.69, 9.17) is 4.74 Å². The lowest BCUT2D eigenvalue weighted by atomic mass is 10.1. The summed E-state index contributed by atoms with van der Waals surface area (Å²) >= 11 is 1.51. The van der Waals surface area contributed by atoms with Crippen molar-refractivity contribution in [2.45, 2.75) is 38.4 Å². The Hall–Kier alpha value is -3.00. The van der Waals surface area contributed by atoms with E-state index >= 15 is 0 Å². The maximum atomic E-state index is 12.9. The molecule has 3 aromatic rings. The second kappa shape index (κ2) is 10.2. The molecule has 3 rings (SSSR count). The van der Waals surface area contributed by atoms with E-state index in [0.717, 1.165) is 27.7 Å². The van der Waals surface area contributed by atoms with Crippen LogP contribution in [0.25, 0.3) is 0 Å². The van der Waals surface area contributed by atoms with Gasteiger partial charge in [-0.3, -0.25) is 4.79 Å². The first-order valence-electron chi connectivity index (χ1n) is 9.47. The number of aromatic nitrogens is 3. The maximum absolute atomic E-state index is 12.9. The molecule has 0 saturated carbocycles. The number of rotatable bonds is 8. The lowest BCUT2D eigenvalue weighted by Crippen LogP contribution is -2.23. The van der Waals surface area contributed by atoms with Crippen molar-refractivity contribution in [3.63, 3.8) is 0 Å². The van der Waals surface area contributed by atoms with Crippen molar-refractivity contribution in [1.29, 1.82) is 0 Å². The highest BCUT2D eigenvalue weighted by Crippen LogP contribution is 2.20. The van der Waals surface area contributed by atoms with Gasteiger partial charge in [0.1, 0.15) is 11.6 Å². The number of hydrogen-bond donors (Lipinski definition) is 1. The highest BCUT2D eigenvalue weighted by molar-refractivity contribution is 7.98. The maximum Gasteiger partial charge on any atom is 0.220 e. The van der Waals surface area contributed by atoms with Crippen LogP contribution in [0.4, 0.5) is 4.39 Å². The van der Waals surface area contributed by atoms with Gasteiger partial charge in [-0.1, -0.05) is 17.8 Å². The van der Waals surface area contributed by atoms with Gasteiger partial charge in [-0.15, -0.1) is 0 Å². The van der Waals surface area contributed by atoms with Gasteiger partial charge in [0.15, 0.2) is 5.16 Å². The Labute approximate surface area is 179 Å².